The van der Waals surface area contributed by atoms with Gasteiger partial charge in [0.05, 0.1) is 28.9 Å². The van der Waals surface area contributed by atoms with Gasteiger partial charge in [-0.15, -0.1) is 0 Å². The van der Waals surface area contributed by atoms with Gasteiger partial charge in [0, 0.05) is 50.7 Å². The van der Waals surface area contributed by atoms with E-state index in [9.17, 15) is 18.0 Å². The van der Waals surface area contributed by atoms with Crippen LogP contribution in [-0.2, 0) is 10.0 Å². The molecule has 0 radical (unpaired) electrons. The lowest BCUT2D eigenvalue weighted by Gasteiger charge is -2.34. The number of aromatic amines is 2. The summed E-state index contributed by atoms with van der Waals surface area (Å²) in [6.45, 7) is 3.63. The number of fused-ring (bicyclic) bond motifs is 1. The van der Waals surface area contributed by atoms with Crippen LogP contribution in [0.15, 0.2) is 50.9 Å². The predicted molar refractivity (Wildman–Crippen MR) is 118 cm³/mol. The molecule has 4 rings (SSSR count). The van der Waals surface area contributed by atoms with Gasteiger partial charge in [-0.1, -0.05) is 0 Å². The molecule has 0 aliphatic carbocycles. The maximum Gasteiger partial charge on any atom is 0.326 e. The molecule has 0 atom stereocenters. The molecule has 2 heterocycles. The molecule has 1 saturated heterocycles. The molecule has 0 unspecified atom stereocenters. The van der Waals surface area contributed by atoms with Crippen molar-refractivity contribution < 1.29 is 8.42 Å². The van der Waals surface area contributed by atoms with Crippen molar-refractivity contribution in [1.29, 1.82) is 0 Å². The molecule has 8 nitrogen and oxygen atoms in total. The van der Waals surface area contributed by atoms with Crippen LogP contribution in [0.4, 0.5) is 11.4 Å². The van der Waals surface area contributed by atoms with Crippen LogP contribution in [0.1, 0.15) is 18.4 Å². The van der Waals surface area contributed by atoms with Crippen molar-refractivity contribution in [3.63, 3.8) is 0 Å². The van der Waals surface area contributed by atoms with Crippen molar-refractivity contribution in [2.24, 2.45) is 0 Å². The van der Waals surface area contributed by atoms with Crippen LogP contribution in [0, 0.1) is 6.92 Å². The Morgan fingerprint density at radius 2 is 1.67 bits per heavy atom. The highest BCUT2D eigenvalue weighted by atomic mass is 32.2. The summed E-state index contributed by atoms with van der Waals surface area (Å²) in [6.07, 6.45) is 2.05. The van der Waals surface area contributed by atoms with E-state index in [0.29, 0.717) is 15.4 Å². The van der Waals surface area contributed by atoms with Crippen LogP contribution in [0.2, 0.25) is 0 Å². The highest BCUT2D eigenvalue weighted by molar-refractivity contribution is 7.89. The van der Waals surface area contributed by atoms with E-state index < -0.39 is 21.3 Å². The van der Waals surface area contributed by atoms with E-state index in [4.69, 9.17) is 0 Å². The van der Waals surface area contributed by atoms with Crippen molar-refractivity contribution >= 4 is 32.3 Å². The van der Waals surface area contributed by atoms with E-state index in [1.165, 1.54) is 18.4 Å². The summed E-state index contributed by atoms with van der Waals surface area (Å²) in [5.74, 6) is 0. The molecule has 158 valence electrons. The molecule has 2 aromatic carbocycles. The Bertz CT molecular complexity index is 1350. The second-order valence-corrected chi connectivity index (χ2v) is 10.1. The number of quaternary nitrogens is 1. The third kappa shape index (κ3) is 3.19. The number of sulfonamides is 1. The fourth-order valence-corrected chi connectivity index (χ4v) is 5.40. The number of rotatable bonds is 4. The van der Waals surface area contributed by atoms with Crippen molar-refractivity contribution in [1.82, 2.24) is 18.8 Å². The van der Waals surface area contributed by atoms with E-state index in [0.717, 1.165) is 42.9 Å². The molecular formula is C21H25N4O4S+. The van der Waals surface area contributed by atoms with Crippen molar-refractivity contribution in [2.45, 2.75) is 24.7 Å². The van der Waals surface area contributed by atoms with Gasteiger partial charge in [-0.2, -0.15) is 0 Å². The summed E-state index contributed by atoms with van der Waals surface area (Å²) in [6, 6.07) is 10.8. The number of hydrogen-bond acceptors (Lipinski definition) is 4. The maximum absolute atomic E-state index is 12.5. The number of aromatic nitrogens is 2. The molecule has 1 fully saturated rings. The summed E-state index contributed by atoms with van der Waals surface area (Å²) in [5.41, 5.74) is 2.40. The first-order valence-corrected chi connectivity index (χ1v) is 11.3. The Hall–Kier alpha value is -2.75. The highest BCUT2D eigenvalue weighted by Crippen LogP contribution is 2.42. The zero-order valence-electron chi connectivity index (χ0n) is 17.2. The fourth-order valence-electron chi connectivity index (χ4n) is 4.41. The van der Waals surface area contributed by atoms with Crippen molar-refractivity contribution in [3.05, 3.63) is 62.8 Å². The van der Waals surface area contributed by atoms with Gasteiger partial charge in [0.1, 0.15) is 11.4 Å². The molecule has 0 bridgehead atoms. The van der Waals surface area contributed by atoms with Crippen molar-refractivity contribution in [2.75, 3.05) is 27.2 Å². The number of benzene rings is 2. The number of nitrogens with zero attached hydrogens (tertiary/aromatic N) is 2. The third-order valence-corrected chi connectivity index (χ3v) is 7.77. The quantitative estimate of drug-likeness (QED) is 0.621. The summed E-state index contributed by atoms with van der Waals surface area (Å²) in [7, 11) is -0.480. The molecule has 30 heavy (non-hydrogen) atoms. The van der Waals surface area contributed by atoms with Gasteiger partial charge in [-0.25, -0.2) is 17.5 Å². The second-order valence-electron chi connectivity index (χ2n) is 8.00. The van der Waals surface area contributed by atoms with Gasteiger partial charge in [-0.05, 0) is 25.1 Å². The van der Waals surface area contributed by atoms with Gasteiger partial charge in [0.15, 0.2) is 0 Å². The molecule has 1 aliphatic rings. The minimum absolute atomic E-state index is 0.263. The third-order valence-electron chi connectivity index (χ3n) is 5.95. The molecule has 9 heteroatoms. The molecular weight excluding hydrogens is 404 g/mol. The van der Waals surface area contributed by atoms with Crippen LogP contribution in [-0.4, -0.2) is 49.9 Å². The molecule has 1 aliphatic heterocycles. The molecule has 0 amide bonds. The van der Waals surface area contributed by atoms with Gasteiger partial charge in [0.25, 0.3) is 5.56 Å². The van der Waals surface area contributed by atoms with Crippen LogP contribution in [0.5, 0.6) is 0 Å². The summed E-state index contributed by atoms with van der Waals surface area (Å²) < 4.78 is 26.8. The van der Waals surface area contributed by atoms with Crippen LogP contribution >= 0.6 is 0 Å². The Morgan fingerprint density at radius 1 is 0.967 bits per heavy atom. The average molecular weight is 430 g/mol. The smallest absolute Gasteiger partial charge is 0.307 e. The summed E-state index contributed by atoms with van der Waals surface area (Å²) in [5, 5.41) is 0.431. The van der Waals surface area contributed by atoms with Crippen LogP contribution in [0.25, 0.3) is 10.9 Å². The summed E-state index contributed by atoms with van der Waals surface area (Å²) >= 11 is 0. The minimum atomic E-state index is -3.52. The maximum atomic E-state index is 12.5. The Balaban J connectivity index is 1.90. The van der Waals surface area contributed by atoms with Crippen molar-refractivity contribution in [3.8, 4) is 0 Å². The zero-order valence-corrected chi connectivity index (χ0v) is 18.0. The molecule has 0 spiro atoms. The lowest BCUT2D eigenvalue weighted by Crippen LogP contribution is -2.41. The van der Waals surface area contributed by atoms with Gasteiger partial charge >= 0.3 is 5.69 Å². The molecule has 2 N–H and O–H groups in total. The first-order valence-electron chi connectivity index (χ1n) is 9.83. The minimum Gasteiger partial charge on any atom is -0.307 e. The SMILES string of the molecule is Cc1cc(S(=O)(=O)N(C)C)ccc1[N+]1(c2ccc3[nH]c(=O)[nH]c(=O)c3c2)CCCC1. The van der Waals surface area contributed by atoms with Gasteiger partial charge in [-0.3, -0.25) is 14.3 Å². The summed E-state index contributed by atoms with van der Waals surface area (Å²) in [4.78, 5) is 29.1. The highest BCUT2D eigenvalue weighted by Gasteiger charge is 2.39. The first-order chi connectivity index (χ1) is 14.1. The predicted octanol–water partition coefficient (Wildman–Crippen LogP) is 2.21. The second kappa shape index (κ2) is 7.19. The van der Waals surface area contributed by atoms with Crippen LogP contribution < -0.4 is 15.7 Å². The topological polar surface area (TPSA) is 103 Å². The average Bonchev–Trinajstić information content (AvgIpc) is 3.18. The number of aryl methyl sites for hydroxylation is 1. The van der Waals surface area contributed by atoms with Gasteiger partial charge < -0.3 is 4.98 Å². The Kier molecular flexibility index (Phi) is 4.92. The Morgan fingerprint density at radius 3 is 2.30 bits per heavy atom. The number of hydrogen-bond donors (Lipinski definition) is 2. The lowest BCUT2D eigenvalue weighted by molar-refractivity contribution is 0.464. The number of nitrogens with one attached hydrogen (secondary N) is 2. The largest absolute Gasteiger partial charge is 0.326 e. The van der Waals surface area contributed by atoms with E-state index in [-0.39, 0.29) is 4.90 Å². The standard InChI is InChI=1S/C21H24N4O4S/c1-14-12-16(30(28,29)24(2)3)7-9-19(14)25(10-4-5-11-25)15-6-8-18-17(13-15)20(26)23-21(27)22-18/h6-9,12-13H,4-5,10-11H2,1-3H3,(H-,22,23,26,27)/p+1. The molecule has 0 saturated carbocycles. The molecule has 3 aromatic rings. The van der Waals surface area contributed by atoms with Gasteiger partial charge in [0.2, 0.25) is 10.0 Å². The molecule has 1 aromatic heterocycles. The van der Waals surface area contributed by atoms with Crippen LogP contribution in [0.3, 0.4) is 0 Å². The zero-order chi connectivity index (χ0) is 21.7. The monoisotopic (exact) mass is 429 g/mol. The van der Waals surface area contributed by atoms with E-state index in [1.54, 1.807) is 18.2 Å². The van der Waals surface area contributed by atoms with E-state index >= 15 is 0 Å². The lowest BCUT2D eigenvalue weighted by atomic mass is 10.1. The first kappa shape index (κ1) is 20.5. The van der Waals surface area contributed by atoms with E-state index in [1.807, 2.05) is 25.1 Å². The fraction of sp³-hybridized carbons (Fsp3) is 0.333. The number of H-pyrrole nitrogens is 2. The normalized spacial score (nSPS) is 16.4. The Labute approximate surface area is 174 Å². The van der Waals surface area contributed by atoms with E-state index in [2.05, 4.69) is 9.97 Å².